The van der Waals surface area contributed by atoms with Gasteiger partial charge in [-0.3, -0.25) is 4.79 Å². The number of piperazine rings is 1. The average molecular weight is 495 g/mol. The number of aliphatic hydroxyl groups is 1. The molecule has 4 atom stereocenters. The van der Waals surface area contributed by atoms with Crippen molar-refractivity contribution < 1.29 is 14.7 Å². The Morgan fingerprint density at radius 3 is 2.67 bits per heavy atom. The van der Waals surface area contributed by atoms with E-state index < -0.39 is 6.04 Å². The summed E-state index contributed by atoms with van der Waals surface area (Å²) in [6, 6.07) is 4.39. The smallest absolute Gasteiger partial charge is 0.322 e. The van der Waals surface area contributed by atoms with Gasteiger partial charge < -0.3 is 25.1 Å². The molecule has 3 saturated heterocycles. The summed E-state index contributed by atoms with van der Waals surface area (Å²) in [6.07, 6.45) is 6.01. The number of aliphatic hydroxyl groups excluding tert-OH is 1. The standard InChI is InChI=1S/C24H32Cl2N4O3/c1-15-22(32)30-17(6-10-28-11-9-24(7-8-24)21(31)14-28)3-4-18(30)13-29(15)23(33)27-16-2-5-19(25)20(26)12-16/h2,5,12,15,17-18,21,31H,3-4,6-11,13-14H2,1H3,(H,27,33)/t15-,17?,18-,21+/m0/s1. The molecule has 1 saturated carbocycles. The molecule has 3 heterocycles. The van der Waals surface area contributed by atoms with Crippen LogP contribution in [0, 0.1) is 5.41 Å². The highest BCUT2D eigenvalue weighted by Crippen LogP contribution is 2.53. The maximum Gasteiger partial charge on any atom is 0.322 e. The molecule has 1 aromatic carbocycles. The lowest BCUT2D eigenvalue weighted by atomic mass is 9.90. The molecule has 3 aliphatic heterocycles. The molecule has 0 bridgehead atoms. The molecule has 4 aliphatic rings. The zero-order valence-corrected chi connectivity index (χ0v) is 20.5. The second-order valence-electron chi connectivity index (χ2n) is 10.2. The Hall–Kier alpha value is -1.54. The first kappa shape index (κ1) is 23.2. The maximum absolute atomic E-state index is 13.3. The van der Waals surface area contributed by atoms with Crippen molar-refractivity contribution in [1.82, 2.24) is 14.7 Å². The van der Waals surface area contributed by atoms with Crippen molar-refractivity contribution in [2.24, 2.45) is 5.41 Å². The van der Waals surface area contributed by atoms with Gasteiger partial charge in [0.05, 0.1) is 16.1 Å². The third-order valence-corrected chi connectivity index (χ3v) is 9.01. The largest absolute Gasteiger partial charge is 0.391 e. The Labute approximate surface area is 205 Å². The monoisotopic (exact) mass is 494 g/mol. The zero-order valence-electron chi connectivity index (χ0n) is 19.0. The average Bonchev–Trinajstić information content (AvgIpc) is 3.46. The number of carbonyl (C=O) groups is 2. The van der Waals surface area contributed by atoms with E-state index in [-0.39, 0.29) is 35.5 Å². The van der Waals surface area contributed by atoms with Gasteiger partial charge in [-0.2, -0.15) is 0 Å². The lowest BCUT2D eigenvalue weighted by Gasteiger charge is -2.44. The lowest BCUT2D eigenvalue weighted by Crippen LogP contribution is -2.62. The molecular weight excluding hydrogens is 463 g/mol. The molecule has 9 heteroatoms. The predicted molar refractivity (Wildman–Crippen MR) is 129 cm³/mol. The van der Waals surface area contributed by atoms with E-state index in [0.717, 1.165) is 45.3 Å². The highest BCUT2D eigenvalue weighted by Gasteiger charge is 2.51. The Morgan fingerprint density at radius 2 is 1.97 bits per heavy atom. The number of nitrogens with one attached hydrogen (secondary N) is 1. The molecule has 180 valence electrons. The Balaban J connectivity index is 1.17. The third kappa shape index (κ3) is 4.45. The number of benzene rings is 1. The Kier molecular flexibility index (Phi) is 6.27. The van der Waals surface area contributed by atoms with Crippen molar-refractivity contribution in [3.8, 4) is 0 Å². The summed E-state index contributed by atoms with van der Waals surface area (Å²) in [5, 5.41) is 14.1. The van der Waals surface area contributed by atoms with Crippen LogP contribution in [0.5, 0.6) is 0 Å². The van der Waals surface area contributed by atoms with Crippen LogP contribution in [-0.4, -0.2) is 82.2 Å². The SMILES string of the molecule is C[C@H]1C(=O)N2C(CCN3CCC4(CC4)[C@H](O)C3)CC[C@H]2CN1C(=O)Nc1ccc(Cl)c(Cl)c1. The first-order valence-corrected chi connectivity index (χ1v) is 12.8. The number of β-amino-alcohol motifs (C(OH)–C–C–N with tert-alkyl or cyclic N) is 1. The molecule has 1 spiro atoms. The number of hydrogen-bond acceptors (Lipinski definition) is 4. The van der Waals surface area contributed by atoms with Crippen LogP contribution < -0.4 is 5.32 Å². The quantitative estimate of drug-likeness (QED) is 0.666. The van der Waals surface area contributed by atoms with Crippen LogP contribution in [-0.2, 0) is 4.79 Å². The number of likely N-dealkylation sites (tertiary alicyclic amines) is 1. The fourth-order valence-corrected chi connectivity index (χ4v) is 6.20. The fraction of sp³-hybridized carbons (Fsp3) is 0.667. The van der Waals surface area contributed by atoms with Crippen molar-refractivity contribution in [2.75, 3.05) is 31.5 Å². The number of rotatable bonds is 4. The second kappa shape index (κ2) is 8.91. The van der Waals surface area contributed by atoms with E-state index >= 15 is 0 Å². The summed E-state index contributed by atoms with van der Waals surface area (Å²) in [7, 11) is 0. The first-order valence-electron chi connectivity index (χ1n) is 12.0. The van der Waals surface area contributed by atoms with E-state index in [4.69, 9.17) is 23.2 Å². The predicted octanol–water partition coefficient (Wildman–Crippen LogP) is 3.83. The summed E-state index contributed by atoms with van der Waals surface area (Å²) < 4.78 is 0. The van der Waals surface area contributed by atoms with Gasteiger partial charge in [0.15, 0.2) is 0 Å². The van der Waals surface area contributed by atoms with Gasteiger partial charge in [-0.15, -0.1) is 0 Å². The van der Waals surface area contributed by atoms with E-state index in [9.17, 15) is 14.7 Å². The molecule has 2 N–H and O–H groups in total. The summed E-state index contributed by atoms with van der Waals surface area (Å²) in [5.74, 6) is 0.0219. The molecule has 33 heavy (non-hydrogen) atoms. The molecule has 7 nitrogen and oxygen atoms in total. The maximum atomic E-state index is 13.3. The molecule has 5 rings (SSSR count). The molecule has 4 fully saturated rings. The number of hydrogen-bond donors (Lipinski definition) is 2. The molecule has 0 aromatic heterocycles. The van der Waals surface area contributed by atoms with Crippen LogP contribution in [0.3, 0.4) is 0 Å². The summed E-state index contributed by atoms with van der Waals surface area (Å²) >= 11 is 12.0. The van der Waals surface area contributed by atoms with E-state index in [1.165, 1.54) is 12.8 Å². The van der Waals surface area contributed by atoms with Crippen LogP contribution in [0.4, 0.5) is 10.5 Å². The number of urea groups is 1. The van der Waals surface area contributed by atoms with Gasteiger partial charge in [-0.1, -0.05) is 23.2 Å². The summed E-state index contributed by atoms with van der Waals surface area (Å²) in [5.41, 5.74) is 0.770. The molecule has 3 amide bonds. The van der Waals surface area contributed by atoms with Crippen LogP contribution >= 0.6 is 23.2 Å². The Morgan fingerprint density at radius 1 is 1.18 bits per heavy atom. The van der Waals surface area contributed by atoms with E-state index in [2.05, 4.69) is 10.2 Å². The van der Waals surface area contributed by atoms with E-state index in [0.29, 0.717) is 22.3 Å². The third-order valence-electron chi connectivity index (χ3n) is 8.27. The van der Waals surface area contributed by atoms with Gasteiger partial charge >= 0.3 is 6.03 Å². The van der Waals surface area contributed by atoms with Crippen molar-refractivity contribution >= 4 is 40.8 Å². The number of amides is 3. The van der Waals surface area contributed by atoms with Gasteiger partial charge in [0.25, 0.3) is 0 Å². The minimum atomic E-state index is -0.517. The Bertz CT molecular complexity index is 940. The van der Waals surface area contributed by atoms with Gasteiger partial charge in [-0.05, 0) is 75.6 Å². The minimum Gasteiger partial charge on any atom is -0.391 e. The number of carbonyl (C=O) groups excluding carboxylic acids is 2. The van der Waals surface area contributed by atoms with Crippen molar-refractivity contribution in [1.29, 1.82) is 0 Å². The van der Waals surface area contributed by atoms with Crippen molar-refractivity contribution in [3.63, 3.8) is 0 Å². The van der Waals surface area contributed by atoms with Crippen LogP contribution in [0.2, 0.25) is 10.0 Å². The minimum absolute atomic E-state index is 0.0219. The van der Waals surface area contributed by atoms with Crippen molar-refractivity contribution in [2.45, 2.75) is 69.7 Å². The zero-order chi connectivity index (χ0) is 23.3. The van der Waals surface area contributed by atoms with Crippen molar-refractivity contribution in [3.05, 3.63) is 28.2 Å². The lowest BCUT2D eigenvalue weighted by molar-refractivity contribution is -0.143. The second-order valence-corrected chi connectivity index (χ2v) is 11.0. The van der Waals surface area contributed by atoms with Gasteiger partial charge in [0.2, 0.25) is 5.91 Å². The fourth-order valence-electron chi connectivity index (χ4n) is 5.90. The number of anilines is 1. The topological polar surface area (TPSA) is 76.1 Å². The highest BCUT2D eigenvalue weighted by atomic mass is 35.5. The van der Waals surface area contributed by atoms with Gasteiger partial charge in [0, 0.05) is 37.4 Å². The number of piperidine rings is 1. The molecule has 1 aliphatic carbocycles. The summed E-state index contributed by atoms with van der Waals surface area (Å²) in [4.78, 5) is 32.3. The molecule has 1 aromatic rings. The van der Waals surface area contributed by atoms with Gasteiger partial charge in [-0.25, -0.2) is 4.79 Å². The highest BCUT2D eigenvalue weighted by molar-refractivity contribution is 6.42. The van der Waals surface area contributed by atoms with Gasteiger partial charge in [0.1, 0.15) is 6.04 Å². The molecule has 1 unspecified atom stereocenters. The first-order chi connectivity index (χ1) is 15.8. The van der Waals surface area contributed by atoms with Crippen LogP contribution in [0.1, 0.15) is 45.4 Å². The van der Waals surface area contributed by atoms with Crippen LogP contribution in [0.15, 0.2) is 18.2 Å². The van der Waals surface area contributed by atoms with Crippen LogP contribution in [0.25, 0.3) is 0 Å². The summed E-state index contributed by atoms with van der Waals surface area (Å²) in [6.45, 7) is 5.04. The number of nitrogens with zero attached hydrogens (tertiary/aromatic N) is 3. The normalized spacial score (nSPS) is 31.1. The van der Waals surface area contributed by atoms with E-state index in [1.54, 1.807) is 30.0 Å². The number of halogens is 2. The number of fused-ring (bicyclic) bond motifs is 1. The molecule has 0 radical (unpaired) electrons. The molecular formula is C24H32Cl2N4O3. The van der Waals surface area contributed by atoms with E-state index in [1.807, 2.05) is 4.90 Å².